The van der Waals surface area contributed by atoms with E-state index in [1.54, 1.807) is 0 Å². The molecule has 0 bridgehead atoms. The summed E-state index contributed by atoms with van der Waals surface area (Å²) in [6.45, 7) is 2.23. The van der Waals surface area contributed by atoms with Gasteiger partial charge in [0.1, 0.15) is 5.58 Å². The minimum Gasteiger partial charge on any atom is -0.469 e. The maximum absolute atomic E-state index is 6.48. The van der Waals surface area contributed by atoms with Crippen molar-refractivity contribution in [1.29, 1.82) is 0 Å². The lowest BCUT2D eigenvalue weighted by Crippen LogP contribution is -2.36. The fourth-order valence-corrected chi connectivity index (χ4v) is 6.33. The number of anilines is 3. The average molecular weight is 516 g/mol. The van der Waals surface area contributed by atoms with Crippen molar-refractivity contribution in [3.8, 4) is 16.8 Å². The van der Waals surface area contributed by atoms with Crippen molar-refractivity contribution >= 4 is 68.2 Å². The number of aryl methyl sites for hydroxylation is 1. The maximum Gasteiger partial charge on any atom is 0.247 e. The summed E-state index contributed by atoms with van der Waals surface area (Å²) in [5, 5.41) is 7.39. The van der Waals surface area contributed by atoms with Crippen LogP contribution in [0, 0.1) is 6.92 Å². The van der Waals surface area contributed by atoms with E-state index in [2.05, 4.69) is 140 Å². The van der Waals surface area contributed by atoms with Gasteiger partial charge in [-0.15, -0.1) is 0 Å². The number of nitrogens with zero attached hydrogens (tertiary/aromatic N) is 2. The molecule has 1 radical (unpaired) electrons. The van der Waals surface area contributed by atoms with E-state index >= 15 is 0 Å². The predicted molar refractivity (Wildman–Crippen MR) is 170 cm³/mol. The van der Waals surface area contributed by atoms with Crippen LogP contribution in [0.1, 0.15) is 5.56 Å². The van der Waals surface area contributed by atoms with Crippen LogP contribution in [0.5, 0.6) is 0 Å². The third-order valence-electron chi connectivity index (χ3n) is 8.15. The van der Waals surface area contributed by atoms with Crippen molar-refractivity contribution in [3.05, 3.63) is 109 Å². The van der Waals surface area contributed by atoms with E-state index in [1.165, 1.54) is 44.1 Å². The zero-order valence-corrected chi connectivity index (χ0v) is 22.7. The van der Waals surface area contributed by atoms with Crippen molar-refractivity contribution in [2.24, 2.45) is 0 Å². The number of fused-ring (bicyclic) bond motifs is 7. The lowest BCUT2D eigenvalue weighted by molar-refractivity contribution is 0.650. The lowest BCUT2D eigenvalue weighted by Gasteiger charge is -2.22. The Hall–Kier alpha value is -4.90. The lowest BCUT2D eigenvalue weighted by atomic mass is 9.62. The molecular formula is C35H27BN3O. The van der Waals surface area contributed by atoms with E-state index in [0.29, 0.717) is 0 Å². The smallest absolute Gasteiger partial charge is 0.247 e. The summed E-state index contributed by atoms with van der Waals surface area (Å²) in [5.41, 5.74) is 13.5. The summed E-state index contributed by atoms with van der Waals surface area (Å²) in [6.07, 6.45) is 0. The monoisotopic (exact) mass is 516 g/mol. The fraction of sp³-hybridized carbons (Fsp3) is 0.0857. The molecule has 0 spiro atoms. The molecule has 1 aliphatic rings. The van der Waals surface area contributed by atoms with Crippen molar-refractivity contribution in [1.82, 2.24) is 4.57 Å². The standard InChI is InChI=1S/C35H27BN3O/c1-21-20-27(24-10-4-7-13-28(24)37-22-16-18-23(19-17-22)38(2)3)32-34-31(21)25-11-5-8-14-29(25)39(34)33-26-12-6-9-15-30(26)40-35(33)36-32/h4-20,37H,1-3H3. The van der Waals surface area contributed by atoms with E-state index in [4.69, 9.17) is 4.42 Å². The summed E-state index contributed by atoms with van der Waals surface area (Å²) in [7, 11) is 6.37. The number of aromatic nitrogens is 1. The first-order valence-corrected chi connectivity index (χ1v) is 13.7. The fourth-order valence-electron chi connectivity index (χ4n) is 6.33. The number of hydrogen-bond donors (Lipinski definition) is 1. The van der Waals surface area contributed by atoms with Crippen molar-refractivity contribution < 1.29 is 4.42 Å². The molecule has 0 amide bonds. The van der Waals surface area contributed by atoms with Gasteiger partial charge in [-0.05, 0) is 72.0 Å². The summed E-state index contributed by atoms with van der Waals surface area (Å²) in [6, 6.07) is 36.5. The number of rotatable bonds is 4. The van der Waals surface area contributed by atoms with Gasteiger partial charge in [0.15, 0.2) is 0 Å². The molecule has 7 aromatic rings. The second kappa shape index (κ2) is 8.55. The first-order chi connectivity index (χ1) is 19.6. The molecule has 0 aliphatic carbocycles. The van der Waals surface area contributed by atoms with Crippen molar-refractivity contribution in [2.75, 3.05) is 24.3 Å². The molecule has 5 aromatic carbocycles. The molecule has 3 heterocycles. The summed E-state index contributed by atoms with van der Waals surface area (Å²) in [5.74, 6) is 0. The Bertz CT molecular complexity index is 2100. The van der Waals surface area contributed by atoms with Crippen molar-refractivity contribution in [3.63, 3.8) is 0 Å². The van der Waals surface area contributed by atoms with Crippen LogP contribution in [0.2, 0.25) is 0 Å². The van der Waals surface area contributed by atoms with E-state index in [9.17, 15) is 0 Å². The highest BCUT2D eigenvalue weighted by Crippen LogP contribution is 2.40. The van der Waals surface area contributed by atoms with Crippen LogP contribution in [0.25, 0.3) is 49.6 Å². The minimum absolute atomic E-state index is 0.895. The third kappa shape index (κ3) is 3.27. The Kier molecular flexibility index (Phi) is 4.93. The predicted octanol–water partition coefficient (Wildman–Crippen LogP) is 7.28. The van der Waals surface area contributed by atoms with Gasteiger partial charge >= 0.3 is 0 Å². The zero-order valence-electron chi connectivity index (χ0n) is 22.7. The number of para-hydroxylation sites is 3. The summed E-state index contributed by atoms with van der Waals surface area (Å²) < 4.78 is 8.90. The quantitative estimate of drug-likeness (QED) is 0.250. The number of benzene rings is 5. The Morgan fingerprint density at radius 3 is 2.33 bits per heavy atom. The third-order valence-corrected chi connectivity index (χ3v) is 8.15. The van der Waals surface area contributed by atoms with Gasteiger partial charge in [0.05, 0.1) is 16.9 Å². The van der Waals surface area contributed by atoms with Crippen LogP contribution in [0.15, 0.2) is 108 Å². The van der Waals surface area contributed by atoms with Crippen LogP contribution in [0.3, 0.4) is 0 Å². The minimum atomic E-state index is 0.895. The number of nitrogens with one attached hydrogen (secondary N) is 1. The molecular weight excluding hydrogens is 489 g/mol. The molecule has 8 rings (SSSR count). The largest absolute Gasteiger partial charge is 0.469 e. The summed E-state index contributed by atoms with van der Waals surface area (Å²) in [4.78, 5) is 2.11. The molecule has 0 atom stereocenters. The highest BCUT2D eigenvalue weighted by atomic mass is 16.3. The highest BCUT2D eigenvalue weighted by Gasteiger charge is 2.31. The first-order valence-electron chi connectivity index (χ1n) is 13.7. The molecule has 1 aliphatic heterocycles. The molecule has 0 saturated heterocycles. The van der Waals surface area contributed by atoms with Gasteiger partial charge in [0.2, 0.25) is 7.28 Å². The molecule has 5 heteroatoms. The zero-order chi connectivity index (χ0) is 27.0. The second-order valence-electron chi connectivity index (χ2n) is 10.8. The molecule has 4 nitrogen and oxygen atoms in total. The molecule has 0 fully saturated rings. The van der Waals surface area contributed by atoms with E-state index in [1.807, 2.05) is 6.07 Å². The molecule has 0 saturated carbocycles. The van der Waals surface area contributed by atoms with Gasteiger partial charge in [-0.2, -0.15) is 0 Å². The average Bonchev–Trinajstić information content (AvgIpc) is 3.52. The second-order valence-corrected chi connectivity index (χ2v) is 10.8. The molecule has 191 valence electrons. The highest BCUT2D eigenvalue weighted by molar-refractivity contribution is 6.73. The van der Waals surface area contributed by atoms with Crippen LogP contribution in [-0.4, -0.2) is 25.9 Å². The Balaban J connectivity index is 1.39. The van der Waals surface area contributed by atoms with Gasteiger partial charge in [0.25, 0.3) is 0 Å². The van der Waals surface area contributed by atoms with Crippen molar-refractivity contribution in [2.45, 2.75) is 6.92 Å². The van der Waals surface area contributed by atoms with E-state index < -0.39 is 0 Å². The van der Waals surface area contributed by atoms with Crippen LogP contribution in [0.4, 0.5) is 17.1 Å². The Morgan fingerprint density at radius 2 is 1.50 bits per heavy atom. The van der Waals surface area contributed by atoms with Gasteiger partial charge in [-0.3, -0.25) is 0 Å². The molecule has 2 aromatic heterocycles. The first kappa shape index (κ1) is 23.0. The van der Waals surface area contributed by atoms with Gasteiger partial charge in [-0.25, -0.2) is 0 Å². The molecule has 40 heavy (non-hydrogen) atoms. The maximum atomic E-state index is 6.48. The van der Waals surface area contributed by atoms with Gasteiger partial charge in [-0.1, -0.05) is 54.6 Å². The van der Waals surface area contributed by atoms with Crippen LogP contribution < -0.4 is 21.3 Å². The Labute approximate surface area is 233 Å². The normalized spacial score (nSPS) is 12.1. The van der Waals surface area contributed by atoms with Crippen LogP contribution in [-0.2, 0) is 0 Å². The molecule has 1 N–H and O–H groups in total. The molecule has 0 unspecified atom stereocenters. The van der Waals surface area contributed by atoms with Gasteiger partial charge < -0.3 is 19.2 Å². The SMILES string of the molecule is Cc1cc(-c2ccccc2Nc2ccc(N(C)C)cc2)c2c3c1c1ccccc1n3-c1c(oc3ccccc13)[B]2. The van der Waals surface area contributed by atoms with Gasteiger partial charge in [0, 0.05) is 58.4 Å². The van der Waals surface area contributed by atoms with Crippen LogP contribution >= 0.6 is 0 Å². The van der Waals surface area contributed by atoms with E-state index in [-0.39, 0.29) is 0 Å². The number of furan rings is 1. The summed E-state index contributed by atoms with van der Waals surface area (Å²) >= 11 is 0. The van der Waals surface area contributed by atoms with E-state index in [0.717, 1.165) is 39.3 Å². The Morgan fingerprint density at radius 1 is 0.775 bits per heavy atom. The topological polar surface area (TPSA) is 33.3 Å². The number of hydrogen-bond acceptors (Lipinski definition) is 3.